The third kappa shape index (κ3) is 7.25. The summed E-state index contributed by atoms with van der Waals surface area (Å²) in [7, 11) is 0. The summed E-state index contributed by atoms with van der Waals surface area (Å²) in [6.07, 6.45) is 4.78. The van der Waals surface area contributed by atoms with E-state index in [0.717, 1.165) is 11.1 Å². The van der Waals surface area contributed by atoms with Gasteiger partial charge in [0.2, 0.25) is 5.91 Å². The Morgan fingerprint density at radius 3 is 2.67 bits per heavy atom. The maximum atomic E-state index is 12.1. The molecule has 0 aliphatic heterocycles. The Labute approximate surface area is 157 Å². The fourth-order valence-electron chi connectivity index (χ4n) is 2.52. The molecule has 1 aromatic carbocycles. The number of carboxylic acid groups (broad SMARTS) is 1. The van der Waals surface area contributed by atoms with Crippen molar-refractivity contribution in [2.45, 2.75) is 25.4 Å². The number of carboxylic acids is 1. The number of nitrogens with zero attached hydrogens (tertiary/aromatic N) is 2. The Hall–Kier alpha value is -3.26. The molecule has 1 heterocycles. The average molecular weight is 369 g/mol. The molecule has 0 saturated carbocycles. The number of pyridine rings is 1. The van der Waals surface area contributed by atoms with Crippen LogP contribution in [0.1, 0.15) is 35.6 Å². The summed E-state index contributed by atoms with van der Waals surface area (Å²) in [6.45, 7) is 1.10. The molecule has 1 atom stereocenters. The summed E-state index contributed by atoms with van der Waals surface area (Å²) in [6, 6.07) is 10.6. The van der Waals surface area contributed by atoms with Crippen molar-refractivity contribution in [2.24, 2.45) is 10.9 Å². The van der Waals surface area contributed by atoms with Crippen molar-refractivity contribution in [3.63, 3.8) is 0 Å². The lowest BCUT2D eigenvalue weighted by molar-refractivity contribution is -0.137. The van der Waals surface area contributed by atoms with Gasteiger partial charge in [0.1, 0.15) is 0 Å². The van der Waals surface area contributed by atoms with Gasteiger partial charge in [0, 0.05) is 31.9 Å². The number of aliphatic carboxylic acids is 1. The zero-order valence-electron chi connectivity index (χ0n) is 14.8. The van der Waals surface area contributed by atoms with Crippen molar-refractivity contribution in [2.75, 3.05) is 6.54 Å². The summed E-state index contributed by atoms with van der Waals surface area (Å²) in [5.74, 6) is 3.91. The van der Waals surface area contributed by atoms with Crippen LogP contribution in [0.5, 0.6) is 0 Å². The van der Waals surface area contributed by atoms with E-state index in [1.807, 2.05) is 24.3 Å². The quantitative estimate of drug-likeness (QED) is 0.215. The first-order valence-corrected chi connectivity index (χ1v) is 8.52. The second-order valence-electron chi connectivity index (χ2n) is 5.95. The summed E-state index contributed by atoms with van der Waals surface area (Å²) < 4.78 is 0. The predicted molar refractivity (Wildman–Crippen MR) is 102 cm³/mol. The van der Waals surface area contributed by atoms with Crippen LogP contribution in [0.25, 0.3) is 0 Å². The van der Waals surface area contributed by atoms with Crippen LogP contribution in [-0.4, -0.2) is 34.7 Å². The van der Waals surface area contributed by atoms with Crippen LogP contribution in [0.15, 0.2) is 53.9 Å². The van der Waals surface area contributed by atoms with Crippen LogP contribution in [0.3, 0.4) is 0 Å². The number of hydrogen-bond donors (Lipinski definition) is 4. The van der Waals surface area contributed by atoms with E-state index < -0.39 is 12.0 Å². The molecule has 0 saturated heterocycles. The van der Waals surface area contributed by atoms with Gasteiger partial charge in [-0.15, -0.1) is 0 Å². The minimum Gasteiger partial charge on any atom is -0.481 e. The molecule has 1 unspecified atom stereocenters. The summed E-state index contributed by atoms with van der Waals surface area (Å²) in [5.41, 5.74) is 2.66. The maximum Gasteiger partial charge on any atom is 0.305 e. The predicted octanol–water partition coefficient (Wildman–Crippen LogP) is 1.19. The molecule has 0 spiro atoms. The summed E-state index contributed by atoms with van der Waals surface area (Å²) in [5, 5.41) is 18.5. The van der Waals surface area contributed by atoms with E-state index in [9.17, 15) is 9.59 Å². The Balaban J connectivity index is 1.77. The van der Waals surface area contributed by atoms with E-state index in [1.165, 1.54) is 0 Å². The van der Waals surface area contributed by atoms with Gasteiger partial charge < -0.3 is 21.6 Å². The zero-order valence-corrected chi connectivity index (χ0v) is 14.8. The van der Waals surface area contributed by atoms with Crippen molar-refractivity contribution < 1.29 is 14.7 Å². The number of hydrogen-bond acceptors (Lipinski definition) is 6. The molecular formula is C19H23N5O3. The van der Waals surface area contributed by atoms with Gasteiger partial charge in [-0.25, -0.2) is 0 Å². The molecule has 0 bridgehead atoms. The molecule has 8 nitrogen and oxygen atoms in total. The largest absolute Gasteiger partial charge is 0.481 e. The van der Waals surface area contributed by atoms with Gasteiger partial charge in [0.05, 0.1) is 18.7 Å². The molecule has 142 valence electrons. The molecule has 0 aliphatic rings. The van der Waals surface area contributed by atoms with Crippen molar-refractivity contribution in [1.29, 1.82) is 0 Å². The molecule has 1 amide bonds. The molecule has 0 radical (unpaired) electrons. The van der Waals surface area contributed by atoms with Gasteiger partial charge in [0.15, 0.2) is 0 Å². The first-order valence-electron chi connectivity index (χ1n) is 8.52. The lowest BCUT2D eigenvalue weighted by Crippen LogP contribution is -2.32. The average Bonchev–Trinajstić information content (AvgIpc) is 2.66. The maximum absolute atomic E-state index is 12.1. The Morgan fingerprint density at radius 2 is 2.04 bits per heavy atom. The monoisotopic (exact) mass is 369 g/mol. The van der Waals surface area contributed by atoms with Gasteiger partial charge in [-0.2, -0.15) is 5.10 Å². The van der Waals surface area contributed by atoms with Gasteiger partial charge in [-0.05, 0) is 22.8 Å². The normalized spacial score (nSPS) is 12.0. The highest BCUT2D eigenvalue weighted by Crippen LogP contribution is 2.15. The number of rotatable bonds is 10. The zero-order chi connectivity index (χ0) is 19.5. The van der Waals surface area contributed by atoms with E-state index in [2.05, 4.69) is 20.7 Å². The number of aromatic nitrogens is 1. The molecule has 1 aromatic heterocycles. The highest BCUT2D eigenvalue weighted by atomic mass is 16.4. The molecule has 8 heteroatoms. The standard InChI is InChI=1S/C19H23N5O3/c20-23-12-15-5-3-14(4-6-15)11-22-9-7-18(25)24-17(10-19(26)27)16-2-1-8-21-13-16/h1-6,8,12-13,17,22H,7,9-11,20H2,(H,24,25)(H,26,27). The number of amides is 1. The summed E-state index contributed by atoms with van der Waals surface area (Å²) in [4.78, 5) is 27.2. The Bertz CT molecular complexity index is 763. The number of benzene rings is 1. The number of hydrazone groups is 1. The molecule has 2 aromatic rings. The first-order chi connectivity index (χ1) is 13.1. The van der Waals surface area contributed by atoms with Crippen LogP contribution < -0.4 is 16.5 Å². The second-order valence-corrected chi connectivity index (χ2v) is 5.95. The van der Waals surface area contributed by atoms with Gasteiger partial charge in [0.25, 0.3) is 0 Å². The first kappa shape index (κ1) is 20.1. The van der Waals surface area contributed by atoms with Crippen LogP contribution in [0.4, 0.5) is 0 Å². The highest BCUT2D eigenvalue weighted by molar-refractivity contribution is 5.79. The topological polar surface area (TPSA) is 130 Å². The molecule has 27 heavy (non-hydrogen) atoms. The third-order valence-electron chi connectivity index (χ3n) is 3.86. The number of nitrogens with two attached hydrogens (primary N) is 1. The third-order valence-corrected chi connectivity index (χ3v) is 3.86. The lowest BCUT2D eigenvalue weighted by Gasteiger charge is -2.17. The van der Waals surface area contributed by atoms with E-state index in [-0.39, 0.29) is 18.7 Å². The Morgan fingerprint density at radius 1 is 1.26 bits per heavy atom. The Kier molecular flexibility index (Phi) is 7.92. The summed E-state index contributed by atoms with van der Waals surface area (Å²) >= 11 is 0. The fraction of sp³-hybridized carbons (Fsp3) is 0.263. The number of carbonyl (C=O) groups excluding carboxylic acids is 1. The van der Waals surface area contributed by atoms with E-state index in [4.69, 9.17) is 10.9 Å². The molecular weight excluding hydrogens is 346 g/mol. The van der Waals surface area contributed by atoms with Crippen molar-refractivity contribution in [1.82, 2.24) is 15.6 Å². The van der Waals surface area contributed by atoms with Crippen LogP contribution in [0.2, 0.25) is 0 Å². The lowest BCUT2D eigenvalue weighted by atomic mass is 10.1. The van der Waals surface area contributed by atoms with Crippen molar-refractivity contribution in [3.05, 3.63) is 65.5 Å². The van der Waals surface area contributed by atoms with Crippen LogP contribution in [0, 0.1) is 0 Å². The second kappa shape index (κ2) is 10.7. The molecule has 5 N–H and O–H groups in total. The van der Waals surface area contributed by atoms with Crippen molar-refractivity contribution >= 4 is 18.1 Å². The highest BCUT2D eigenvalue weighted by Gasteiger charge is 2.17. The molecule has 2 rings (SSSR count). The minimum absolute atomic E-state index is 0.191. The van der Waals surface area contributed by atoms with E-state index in [1.54, 1.807) is 30.7 Å². The fourth-order valence-corrected chi connectivity index (χ4v) is 2.52. The van der Waals surface area contributed by atoms with Crippen molar-refractivity contribution in [3.8, 4) is 0 Å². The van der Waals surface area contributed by atoms with Gasteiger partial charge in [-0.3, -0.25) is 14.6 Å². The van der Waals surface area contributed by atoms with Crippen LogP contribution in [-0.2, 0) is 16.1 Å². The SMILES string of the molecule is NN=Cc1ccc(CNCCC(=O)NC(CC(=O)O)c2cccnc2)cc1. The minimum atomic E-state index is -0.981. The van der Waals surface area contributed by atoms with E-state index in [0.29, 0.717) is 18.7 Å². The molecule has 0 aliphatic carbocycles. The number of carbonyl (C=O) groups is 2. The van der Waals surface area contributed by atoms with Gasteiger partial charge in [-0.1, -0.05) is 30.3 Å². The number of nitrogens with one attached hydrogen (secondary N) is 2. The van der Waals surface area contributed by atoms with Gasteiger partial charge >= 0.3 is 5.97 Å². The smallest absolute Gasteiger partial charge is 0.305 e. The van der Waals surface area contributed by atoms with Crippen LogP contribution >= 0.6 is 0 Å². The van der Waals surface area contributed by atoms with E-state index >= 15 is 0 Å². The molecule has 0 fully saturated rings.